The number of aryl methyl sites for hydroxylation is 1. The summed E-state index contributed by atoms with van der Waals surface area (Å²) in [7, 11) is 1.78. The summed E-state index contributed by atoms with van der Waals surface area (Å²) >= 11 is 0. The summed E-state index contributed by atoms with van der Waals surface area (Å²) in [5.74, 6) is 0. The van der Waals surface area contributed by atoms with Crippen LogP contribution in [0.5, 0.6) is 0 Å². The second-order valence-corrected chi connectivity index (χ2v) is 6.15. The van der Waals surface area contributed by atoms with Crippen molar-refractivity contribution in [1.29, 1.82) is 0 Å². The smallest absolute Gasteiger partial charge is 0.0625 e. The first-order valence-corrected chi connectivity index (χ1v) is 6.86. The van der Waals surface area contributed by atoms with Crippen molar-refractivity contribution in [1.82, 2.24) is 0 Å². The summed E-state index contributed by atoms with van der Waals surface area (Å²) in [6.45, 7) is 5.05. The molecule has 1 aromatic carbocycles. The molecular weight excluding hydrogens is 222 g/mol. The minimum Gasteiger partial charge on any atom is -0.379 e. The highest BCUT2D eigenvalue weighted by Crippen LogP contribution is 2.47. The van der Waals surface area contributed by atoms with Gasteiger partial charge in [-0.25, -0.2) is 0 Å². The molecule has 0 aromatic heterocycles. The van der Waals surface area contributed by atoms with Crippen LogP contribution in [-0.4, -0.2) is 19.3 Å². The summed E-state index contributed by atoms with van der Waals surface area (Å²) < 4.78 is 5.45. The molecule has 2 rings (SSSR count). The van der Waals surface area contributed by atoms with E-state index in [1.54, 1.807) is 7.11 Å². The van der Waals surface area contributed by atoms with Gasteiger partial charge in [0, 0.05) is 19.1 Å². The van der Waals surface area contributed by atoms with Crippen LogP contribution >= 0.6 is 0 Å². The standard InChI is InChI=1S/C16H25NO/c1-15(2,18-3)9-8-13-4-6-14(7-5-13)16(12-17)10-11-16/h4-7H,8-12,17H2,1-3H3. The lowest BCUT2D eigenvalue weighted by Gasteiger charge is -2.22. The van der Waals surface area contributed by atoms with Crippen LogP contribution in [0, 0.1) is 0 Å². The Bertz CT molecular complexity index is 390. The second kappa shape index (κ2) is 5.02. The van der Waals surface area contributed by atoms with Crippen LogP contribution in [0.4, 0.5) is 0 Å². The van der Waals surface area contributed by atoms with Gasteiger partial charge in [-0.3, -0.25) is 0 Å². The van der Waals surface area contributed by atoms with E-state index in [1.165, 1.54) is 24.0 Å². The maximum atomic E-state index is 5.86. The molecule has 2 N–H and O–H groups in total. The molecule has 2 nitrogen and oxygen atoms in total. The Labute approximate surface area is 111 Å². The lowest BCUT2D eigenvalue weighted by Crippen LogP contribution is -2.23. The van der Waals surface area contributed by atoms with Crippen molar-refractivity contribution >= 4 is 0 Å². The van der Waals surface area contributed by atoms with Crippen molar-refractivity contribution in [2.75, 3.05) is 13.7 Å². The maximum absolute atomic E-state index is 5.86. The molecule has 1 aliphatic carbocycles. The van der Waals surface area contributed by atoms with E-state index in [9.17, 15) is 0 Å². The normalized spacial score (nSPS) is 17.8. The Morgan fingerprint density at radius 1 is 1.22 bits per heavy atom. The first-order chi connectivity index (χ1) is 8.51. The minimum absolute atomic E-state index is 0.0341. The molecule has 0 spiro atoms. The molecule has 0 atom stereocenters. The van der Waals surface area contributed by atoms with Gasteiger partial charge in [0.2, 0.25) is 0 Å². The van der Waals surface area contributed by atoms with Gasteiger partial charge in [0.05, 0.1) is 5.60 Å². The number of rotatable bonds is 6. The summed E-state index contributed by atoms with van der Waals surface area (Å²) in [6, 6.07) is 9.01. The fourth-order valence-corrected chi connectivity index (χ4v) is 2.33. The van der Waals surface area contributed by atoms with Crippen molar-refractivity contribution in [2.24, 2.45) is 5.73 Å². The van der Waals surface area contributed by atoms with Gasteiger partial charge in [-0.05, 0) is 50.7 Å². The van der Waals surface area contributed by atoms with E-state index in [0.29, 0.717) is 5.41 Å². The minimum atomic E-state index is -0.0341. The Kier molecular flexibility index (Phi) is 3.79. The number of benzene rings is 1. The van der Waals surface area contributed by atoms with E-state index in [0.717, 1.165) is 19.4 Å². The van der Waals surface area contributed by atoms with Gasteiger partial charge >= 0.3 is 0 Å². The fraction of sp³-hybridized carbons (Fsp3) is 0.625. The predicted molar refractivity (Wildman–Crippen MR) is 75.8 cm³/mol. The Balaban J connectivity index is 1.96. The summed E-state index contributed by atoms with van der Waals surface area (Å²) in [5.41, 5.74) is 8.93. The molecule has 18 heavy (non-hydrogen) atoms. The number of nitrogens with two attached hydrogens (primary N) is 1. The fourth-order valence-electron chi connectivity index (χ4n) is 2.33. The van der Waals surface area contributed by atoms with Crippen molar-refractivity contribution in [2.45, 2.75) is 50.5 Å². The van der Waals surface area contributed by atoms with Gasteiger partial charge in [-0.1, -0.05) is 24.3 Å². The maximum Gasteiger partial charge on any atom is 0.0625 e. The first kappa shape index (κ1) is 13.6. The van der Waals surface area contributed by atoms with E-state index in [4.69, 9.17) is 10.5 Å². The number of ether oxygens (including phenoxy) is 1. The van der Waals surface area contributed by atoms with Gasteiger partial charge in [-0.2, -0.15) is 0 Å². The zero-order valence-electron chi connectivity index (χ0n) is 11.8. The SMILES string of the molecule is COC(C)(C)CCc1ccc(C2(CN)CC2)cc1. The molecular formula is C16H25NO. The van der Waals surface area contributed by atoms with Gasteiger partial charge in [0.1, 0.15) is 0 Å². The molecule has 0 unspecified atom stereocenters. The van der Waals surface area contributed by atoms with Crippen LogP contribution in [0.1, 0.15) is 44.2 Å². The third-order valence-corrected chi connectivity index (χ3v) is 4.38. The molecule has 0 bridgehead atoms. The monoisotopic (exact) mass is 247 g/mol. The molecule has 0 amide bonds. The lowest BCUT2D eigenvalue weighted by molar-refractivity contribution is 0.0158. The Morgan fingerprint density at radius 2 is 1.83 bits per heavy atom. The van der Waals surface area contributed by atoms with Crippen LogP contribution in [0.25, 0.3) is 0 Å². The molecule has 1 saturated carbocycles. The third-order valence-electron chi connectivity index (χ3n) is 4.38. The molecule has 0 heterocycles. The quantitative estimate of drug-likeness (QED) is 0.838. The van der Waals surface area contributed by atoms with Gasteiger partial charge in [-0.15, -0.1) is 0 Å². The highest BCUT2D eigenvalue weighted by atomic mass is 16.5. The van der Waals surface area contributed by atoms with Crippen molar-refractivity contribution < 1.29 is 4.74 Å². The molecule has 1 fully saturated rings. The van der Waals surface area contributed by atoms with Gasteiger partial charge < -0.3 is 10.5 Å². The highest BCUT2D eigenvalue weighted by molar-refractivity contribution is 5.34. The van der Waals surface area contributed by atoms with Crippen LogP contribution in [-0.2, 0) is 16.6 Å². The van der Waals surface area contributed by atoms with E-state index in [2.05, 4.69) is 38.1 Å². The Hall–Kier alpha value is -0.860. The largest absolute Gasteiger partial charge is 0.379 e. The molecule has 0 saturated heterocycles. The lowest BCUT2D eigenvalue weighted by atomic mass is 9.93. The van der Waals surface area contributed by atoms with E-state index in [-0.39, 0.29) is 5.60 Å². The van der Waals surface area contributed by atoms with Crippen molar-refractivity contribution in [3.63, 3.8) is 0 Å². The second-order valence-electron chi connectivity index (χ2n) is 6.15. The first-order valence-electron chi connectivity index (χ1n) is 6.86. The zero-order valence-corrected chi connectivity index (χ0v) is 11.8. The number of methoxy groups -OCH3 is 1. The Morgan fingerprint density at radius 3 is 2.28 bits per heavy atom. The van der Waals surface area contributed by atoms with Gasteiger partial charge in [0.25, 0.3) is 0 Å². The molecule has 1 aromatic rings. The average molecular weight is 247 g/mol. The molecule has 2 heteroatoms. The van der Waals surface area contributed by atoms with Crippen molar-refractivity contribution in [3.8, 4) is 0 Å². The molecule has 1 aliphatic rings. The zero-order chi connectivity index (χ0) is 13.2. The third kappa shape index (κ3) is 2.93. The topological polar surface area (TPSA) is 35.2 Å². The summed E-state index contributed by atoms with van der Waals surface area (Å²) in [5, 5.41) is 0. The van der Waals surface area contributed by atoms with Crippen LogP contribution in [0.15, 0.2) is 24.3 Å². The summed E-state index contributed by atoms with van der Waals surface area (Å²) in [4.78, 5) is 0. The number of hydrogen-bond acceptors (Lipinski definition) is 2. The van der Waals surface area contributed by atoms with E-state index in [1.807, 2.05) is 0 Å². The molecule has 100 valence electrons. The molecule has 0 radical (unpaired) electrons. The highest BCUT2D eigenvalue weighted by Gasteiger charge is 2.42. The summed E-state index contributed by atoms with van der Waals surface area (Å²) in [6.07, 6.45) is 4.61. The van der Waals surface area contributed by atoms with Crippen LogP contribution < -0.4 is 5.73 Å². The van der Waals surface area contributed by atoms with Crippen LogP contribution in [0.3, 0.4) is 0 Å². The van der Waals surface area contributed by atoms with E-state index >= 15 is 0 Å². The van der Waals surface area contributed by atoms with Crippen molar-refractivity contribution in [3.05, 3.63) is 35.4 Å². The van der Waals surface area contributed by atoms with Crippen LogP contribution in [0.2, 0.25) is 0 Å². The average Bonchev–Trinajstić information content (AvgIpc) is 3.18. The van der Waals surface area contributed by atoms with E-state index < -0.39 is 0 Å². The van der Waals surface area contributed by atoms with Gasteiger partial charge in [0.15, 0.2) is 0 Å². The molecule has 0 aliphatic heterocycles. The number of hydrogen-bond donors (Lipinski definition) is 1. The predicted octanol–water partition coefficient (Wildman–Crippen LogP) is 3.03.